The average Bonchev–Trinajstić information content (AvgIpc) is 2.61. The van der Waals surface area contributed by atoms with Crippen molar-refractivity contribution in [2.75, 3.05) is 19.6 Å². The molecular weight excluding hydrogens is 332 g/mol. The van der Waals surface area contributed by atoms with E-state index in [4.69, 9.17) is 9.84 Å². The summed E-state index contributed by atoms with van der Waals surface area (Å²) in [6.45, 7) is 4.48. The number of carboxylic acids is 1. The van der Waals surface area contributed by atoms with Gasteiger partial charge in [-0.2, -0.15) is 0 Å². The Bertz CT molecular complexity index is 681. The van der Waals surface area contributed by atoms with Crippen LogP contribution in [-0.4, -0.2) is 36.8 Å². The minimum atomic E-state index is -0.939. The molecule has 3 N–H and O–H groups in total. The molecule has 6 heteroatoms. The monoisotopic (exact) mass is 356 g/mol. The Balaban J connectivity index is 2.02. The molecule has 0 heterocycles. The Morgan fingerprint density at radius 1 is 0.923 bits per heavy atom. The molecule has 0 aliphatic heterocycles. The van der Waals surface area contributed by atoms with Crippen molar-refractivity contribution in [3.8, 4) is 0 Å². The molecule has 0 saturated heterocycles. The number of ether oxygens (including phenoxy) is 1. The maximum Gasteiger partial charge on any atom is 0.408 e. The zero-order valence-electron chi connectivity index (χ0n) is 15.0. The van der Waals surface area contributed by atoms with Crippen molar-refractivity contribution in [2.45, 2.75) is 20.0 Å². The lowest BCUT2D eigenvalue weighted by Gasteiger charge is -2.19. The molecule has 0 bridgehead atoms. The van der Waals surface area contributed by atoms with Crippen LogP contribution in [0.5, 0.6) is 0 Å². The van der Waals surface area contributed by atoms with Crippen molar-refractivity contribution in [2.24, 2.45) is 0 Å². The van der Waals surface area contributed by atoms with E-state index >= 15 is 0 Å². The van der Waals surface area contributed by atoms with Crippen molar-refractivity contribution in [3.63, 3.8) is 0 Å². The molecule has 0 aromatic heterocycles. The van der Waals surface area contributed by atoms with Crippen molar-refractivity contribution < 1.29 is 19.4 Å². The van der Waals surface area contributed by atoms with Gasteiger partial charge in [-0.25, -0.2) is 4.79 Å². The SMILES string of the molecule is Cc1ccc(C(OC(=O)NCCNCC(=O)O)c2ccc(C)cc2)cc1. The summed E-state index contributed by atoms with van der Waals surface area (Å²) in [5.74, 6) is -0.939. The van der Waals surface area contributed by atoms with Gasteiger partial charge in [0.1, 0.15) is 0 Å². The van der Waals surface area contributed by atoms with Crippen molar-refractivity contribution in [3.05, 3.63) is 70.8 Å². The number of carbonyl (C=O) groups excluding carboxylic acids is 1. The topological polar surface area (TPSA) is 87.7 Å². The summed E-state index contributed by atoms with van der Waals surface area (Å²) >= 11 is 0. The molecule has 0 unspecified atom stereocenters. The molecule has 1 amide bonds. The van der Waals surface area contributed by atoms with E-state index in [-0.39, 0.29) is 13.1 Å². The van der Waals surface area contributed by atoms with Gasteiger partial charge in [-0.3, -0.25) is 4.79 Å². The van der Waals surface area contributed by atoms with E-state index in [2.05, 4.69) is 10.6 Å². The summed E-state index contributed by atoms with van der Waals surface area (Å²) < 4.78 is 5.64. The molecule has 26 heavy (non-hydrogen) atoms. The molecule has 2 aromatic rings. The summed E-state index contributed by atoms with van der Waals surface area (Å²) in [6, 6.07) is 15.7. The van der Waals surface area contributed by atoms with Crippen LogP contribution in [0.25, 0.3) is 0 Å². The van der Waals surface area contributed by atoms with E-state index in [0.717, 1.165) is 22.3 Å². The van der Waals surface area contributed by atoms with Gasteiger partial charge in [0.25, 0.3) is 0 Å². The van der Waals surface area contributed by atoms with Gasteiger partial charge in [0.15, 0.2) is 6.10 Å². The van der Waals surface area contributed by atoms with Crippen LogP contribution in [0.15, 0.2) is 48.5 Å². The van der Waals surface area contributed by atoms with Gasteiger partial charge in [-0.15, -0.1) is 0 Å². The summed E-state index contributed by atoms with van der Waals surface area (Å²) in [6.07, 6.45) is -1.06. The minimum absolute atomic E-state index is 0.147. The highest BCUT2D eigenvalue weighted by Crippen LogP contribution is 2.26. The number of amides is 1. The lowest BCUT2D eigenvalue weighted by atomic mass is 9.99. The lowest BCUT2D eigenvalue weighted by molar-refractivity contribution is -0.135. The molecule has 0 aliphatic carbocycles. The number of carbonyl (C=O) groups is 2. The second kappa shape index (κ2) is 9.58. The fourth-order valence-electron chi connectivity index (χ4n) is 2.41. The molecule has 0 aliphatic rings. The number of aryl methyl sites for hydroxylation is 2. The number of benzene rings is 2. The molecule has 0 fully saturated rings. The molecule has 2 rings (SSSR count). The van der Waals surface area contributed by atoms with Crippen molar-refractivity contribution >= 4 is 12.1 Å². The Labute approximate surface area is 153 Å². The molecular formula is C20H24N2O4. The van der Waals surface area contributed by atoms with Gasteiger partial charge in [-0.05, 0) is 25.0 Å². The zero-order chi connectivity index (χ0) is 18.9. The number of alkyl carbamates (subject to hydrolysis) is 1. The van der Waals surface area contributed by atoms with Crippen molar-refractivity contribution in [1.29, 1.82) is 0 Å². The van der Waals surface area contributed by atoms with E-state index < -0.39 is 18.2 Å². The van der Waals surface area contributed by atoms with Crippen LogP contribution in [-0.2, 0) is 9.53 Å². The minimum Gasteiger partial charge on any atom is -0.480 e. The quantitative estimate of drug-likeness (QED) is 0.633. The van der Waals surface area contributed by atoms with Crippen LogP contribution >= 0.6 is 0 Å². The van der Waals surface area contributed by atoms with E-state index in [1.807, 2.05) is 62.4 Å². The number of hydrogen-bond donors (Lipinski definition) is 3. The Hall–Kier alpha value is -2.86. The molecule has 0 spiro atoms. The number of rotatable bonds is 8. The third kappa shape index (κ3) is 6.22. The Morgan fingerprint density at radius 2 is 1.42 bits per heavy atom. The number of aliphatic carboxylic acids is 1. The zero-order valence-corrected chi connectivity index (χ0v) is 15.0. The number of hydrogen-bond acceptors (Lipinski definition) is 4. The second-order valence-electron chi connectivity index (χ2n) is 6.10. The predicted octanol–water partition coefficient (Wildman–Crippen LogP) is 2.79. The molecule has 0 atom stereocenters. The number of carboxylic acid groups (broad SMARTS) is 1. The van der Waals surface area contributed by atoms with Crippen LogP contribution in [0.3, 0.4) is 0 Å². The van der Waals surface area contributed by atoms with Gasteiger partial charge in [0.2, 0.25) is 0 Å². The van der Waals surface area contributed by atoms with Gasteiger partial charge < -0.3 is 20.5 Å². The van der Waals surface area contributed by atoms with Gasteiger partial charge >= 0.3 is 12.1 Å². The van der Waals surface area contributed by atoms with Crippen LogP contribution in [0.2, 0.25) is 0 Å². The van der Waals surface area contributed by atoms with Gasteiger partial charge in [-0.1, -0.05) is 59.7 Å². The second-order valence-corrected chi connectivity index (χ2v) is 6.10. The highest BCUT2D eigenvalue weighted by Gasteiger charge is 2.18. The lowest BCUT2D eigenvalue weighted by Crippen LogP contribution is -2.34. The standard InChI is InChI=1S/C20H24N2O4/c1-14-3-7-16(8-4-14)19(17-9-5-15(2)6-10-17)26-20(25)22-12-11-21-13-18(23)24/h3-10,19,21H,11-13H2,1-2H3,(H,22,25)(H,23,24). The van der Waals surface area contributed by atoms with Crippen LogP contribution < -0.4 is 10.6 Å². The smallest absolute Gasteiger partial charge is 0.408 e. The summed E-state index contributed by atoms with van der Waals surface area (Å²) in [5, 5.41) is 13.9. The molecule has 0 saturated carbocycles. The molecule has 2 aromatic carbocycles. The Morgan fingerprint density at radius 3 is 1.88 bits per heavy atom. The third-order valence-corrected chi connectivity index (χ3v) is 3.83. The average molecular weight is 356 g/mol. The van der Waals surface area contributed by atoms with Gasteiger partial charge in [0, 0.05) is 13.1 Å². The predicted molar refractivity (Wildman–Crippen MR) is 99.2 cm³/mol. The van der Waals surface area contributed by atoms with Gasteiger partial charge in [0.05, 0.1) is 6.54 Å². The fraction of sp³-hybridized carbons (Fsp3) is 0.300. The van der Waals surface area contributed by atoms with Crippen LogP contribution in [0, 0.1) is 13.8 Å². The number of nitrogens with one attached hydrogen (secondary N) is 2. The first kappa shape index (κ1) is 19.5. The Kier molecular flexibility index (Phi) is 7.17. The van der Waals surface area contributed by atoms with E-state index in [1.54, 1.807) is 0 Å². The third-order valence-electron chi connectivity index (χ3n) is 3.83. The molecule has 138 valence electrons. The highest BCUT2D eigenvalue weighted by molar-refractivity contribution is 5.69. The van der Waals surface area contributed by atoms with E-state index in [1.165, 1.54) is 0 Å². The first-order valence-corrected chi connectivity index (χ1v) is 8.46. The first-order valence-electron chi connectivity index (χ1n) is 8.46. The largest absolute Gasteiger partial charge is 0.480 e. The maximum absolute atomic E-state index is 12.2. The normalized spacial score (nSPS) is 10.6. The highest BCUT2D eigenvalue weighted by atomic mass is 16.6. The summed E-state index contributed by atoms with van der Waals surface area (Å²) in [5.41, 5.74) is 4.04. The first-order chi connectivity index (χ1) is 12.5. The molecule has 6 nitrogen and oxygen atoms in total. The van der Waals surface area contributed by atoms with Crippen LogP contribution in [0.4, 0.5) is 4.79 Å². The maximum atomic E-state index is 12.2. The molecule has 0 radical (unpaired) electrons. The van der Waals surface area contributed by atoms with E-state index in [9.17, 15) is 9.59 Å². The van der Waals surface area contributed by atoms with Crippen molar-refractivity contribution in [1.82, 2.24) is 10.6 Å². The van der Waals surface area contributed by atoms with Crippen LogP contribution in [0.1, 0.15) is 28.4 Å². The van der Waals surface area contributed by atoms with E-state index in [0.29, 0.717) is 6.54 Å². The summed E-state index contributed by atoms with van der Waals surface area (Å²) in [7, 11) is 0. The fourth-order valence-corrected chi connectivity index (χ4v) is 2.41. The summed E-state index contributed by atoms with van der Waals surface area (Å²) in [4.78, 5) is 22.6.